The van der Waals surface area contributed by atoms with Crippen LogP contribution in [0, 0.1) is 0 Å². The van der Waals surface area contributed by atoms with E-state index < -0.39 is 55.1 Å². The minimum absolute atomic E-state index is 0.0249. The number of hydrogen-bond acceptors (Lipinski definition) is 20. The first-order valence-corrected chi connectivity index (χ1v) is 28.8. The highest BCUT2D eigenvalue weighted by molar-refractivity contribution is 7.86. The summed E-state index contributed by atoms with van der Waals surface area (Å²) >= 11 is 0. The molecule has 26 heteroatoms. The average Bonchev–Trinajstić information content (AvgIpc) is 3.55. The zero-order chi connectivity index (χ0) is 60.9. The summed E-state index contributed by atoms with van der Waals surface area (Å²) in [4.78, 5) is 47.6. The molecule has 440 valence electrons. The number of anilines is 8. The highest BCUT2D eigenvalue weighted by atomic mass is 32.2. The molecule has 0 unspecified atom stereocenters. The molecule has 6 rings (SSSR count). The van der Waals surface area contributed by atoms with Crippen LogP contribution in [0.4, 0.5) is 47.1 Å². The first kappa shape index (κ1) is 63.0. The van der Waals surface area contributed by atoms with Gasteiger partial charge in [0.25, 0.3) is 20.2 Å². The van der Waals surface area contributed by atoms with Gasteiger partial charge in [0.1, 0.15) is 34.4 Å². The molecule has 6 aromatic rings. The lowest BCUT2D eigenvalue weighted by Gasteiger charge is -2.28. The quantitative estimate of drug-likeness (QED) is 0.0222. The fourth-order valence-electron chi connectivity index (χ4n) is 8.47. The second-order valence-corrected chi connectivity index (χ2v) is 26.4. The van der Waals surface area contributed by atoms with Crippen LogP contribution in [-0.2, 0) is 64.3 Å². The maximum Gasteiger partial charge on any atom is 0.322 e. The third-order valence-corrected chi connectivity index (χ3v) is 14.4. The molecule has 0 aliphatic rings. The molecule has 0 saturated carbocycles. The lowest BCUT2D eigenvalue weighted by molar-refractivity contribution is -0.136. The summed E-state index contributed by atoms with van der Waals surface area (Å²) < 4.78 is 72.3. The van der Waals surface area contributed by atoms with Gasteiger partial charge in [-0.05, 0) is 103 Å². The third-order valence-electron chi connectivity index (χ3n) is 12.6. The molecule has 0 radical (unpaired) electrons. The van der Waals surface area contributed by atoms with Crippen molar-refractivity contribution in [3.63, 3.8) is 0 Å². The molecular formula is C56H72N12O12S2. The van der Waals surface area contributed by atoms with Crippen molar-refractivity contribution in [1.29, 1.82) is 0 Å². The third kappa shape index (κ3) is 17.2. The Labute approximate surface area is 477 Å². The Morgan fingerprint density at radius 2 is 0.732 bits per heavy atom. The Balaban J connectivity index is 1.24. The summed E-state index contributed by atoms with van der Waals surface area (Å²) in [6.07, 6.45) is 3.33. The summed E-state index contributed by atoms with van der Waals surface area (Å²) in [5, 5.41) is 58.3. The maximum absolute atomic E-state index is 12.9. The molecule has 2 aromatic heterocycles. The molecule has 0 aliphatic carbocycles. The van der Waals surface area contributed by atoms with Gasteiger partial charge in [0.2, 0.25) is 35.7 Å². The average molecular weight is 1170 g/mol. The number of aromatic hydroxyl groups is 2. The van der Waals surface area contributed by atoms with Gasteiger partial charge < -0.3 is 52.3 Å². The van der Waals surface area contributed by atoms with Crippen LogP contribution in [0.5, 0.6) is 11.5 Å². The van der Waals surface area contributed by atoms with E-state index in [-0.39, 0.29) is 91.4 Å². The molecule has 2 heterocycles. The zero-order valence-electron chi connectivity index (χ0n) is 47.8. The molecule has 0 atom stereocenters. The fraction of sp³-hybridized carbons (Fsp3) is 0.393. The Morgan fingerprint density at radius 3 is 1.00 bits per heavy atom. The molecule has 0 fully saturated rings. The number of phenols is 2. The first-order chi connectivity index (χ1) is 37.8. The number of carbonyl (C=O) groups is 2. The number of hydrogen-bond donors (Lipinski definition) is 12. The highest BCUT2D eigenvalue weighted by Crippen LogP contribution is 2.42. The Hall–Kier alpha value is -8.20. The van der Waals surface area contributed by atoms with Crippen molar-refractivity contribution in [3.8, 4) is 11.5 Å². The van der Waals surface area contributed by atoms with Crippen LogP contribution >= 0.6 is 0 Å². The number of nitrogens with one attached hydrogen (secondary N) is 6. The standard InChI is InChI=1S/C56H72N12O12S2/c1-53(2,3)37-23-31(24-38(45(37)73)54(4,5)6)19-21-57-47-63-49(59-29-43(69)70)67-51(65-47)61-35-17-15-33(41(27-35)81(75,76)77)13-14-34-16-18-36(28-42(34)82(78,79)80)62-52-66-48(64-50(68-52)60-30-44(71)72)58-22-20-32-25-39(55(7,8)9)46(74)40(26-32)56(10,11)12/h13-18,23-28,73-74H,19-22,29-30H2,1-12H3,(H,69,70)(H,71,72)(H,75,76,77)(H,78,79,80)(H3,57,59,61,63,65,67)(H3,58,60,62,64,66,68)/b14-13+. The van der Waals surface area contributed by atoms with Crippen molar-refractivity contribution < 1.29 is 56.0 Å². The van der Waals surface area contributed by atoms with E-state index in [2.05, 4.69) is 61.8 Å². The first-order valence-electron chi connectivity index (χ1n) is 26.0. The molecule has 0 amide bonds. The summed E-state index contributed by atoms with van der Waals surface area (Å²) in [5.74, 6) is -2.45. The number of aromatic nitrogens is 6. The summed E-state index contributed by atoms with van der Waals surface area (Å²) in [7, 11) is -9.97. The smallest absolute Gasteiger partial charge is 0.322 e. The second-order valence-electron chi connectivity index (χ2n) is 23.6. The van der Waals surface area contributed by atoms with Gasteiger partial charge in [-0.1, -0.05) is 132 Å². The monoisotopic (exact) mass is 1170 g/mol. The van der Waals surface area contributed by atoms with Crippen molar-refractivity contribution in [3.05, 3.63) is 105 Å². The van der Waals surface area contributed by atoms with E-state index in [0.717, 1.165) is 45.5 Å². The number of carboxylic acid groups (broad SMARTS) is 2. The minimum Gasteiger partial charge on any atom is -0.507 e. The summed E-state index contributed by atoms with van der Waals surface area (Å²) in [6.45, 7) is 23.6. The topological polar surface area (TPSA) is 373 Å². The van der Waals surface area contributed by atoms with Crippen LogP contribution in [0.2, 0.25) is 0 Å². The molecule has 0 aliphatic heterocycles. The van der Waals surface area contributed by atoms with Gasteiger partial charge in [-0.25, -0.2) is 0 Å². The van der Waals surface area contributed by atoms with Gasteiger partial charge in [-0.2, -0.15) is 46.7 Å². The van der Waals surface area contributed by atoms with Crippen molar-refractivity contribution in [1.82, 2.24) is 29.9 Å². The number of rotatable bonds is 22. The Bertz CT molecular complexity index is 3340. The molecule has 4 aromatic carbocycles. The van der Waals surface area contributed by atoms with Gasteiger partial charge in [-0.3, -0.25) is 18.7 Å². The molecule has 0 saturated heterocycles. The second kappa shape index (κ2) is 24.5. The SMILES string of the molecule is CC(C)(C)c1cc(CCNc2nc(NCC(=O)O)nc(Nc3ccc(/C=C/c4ccc(Nc5nc(NCCc6cc(C(C)(C)C)c(O)c(C(C)(C)C)c6)nc(NCC(=O)O)n5)cc4S(=O)(=O)O)c(S(=O)(=O)O)c3)n2)cc(C(C)(C)C)c1O. The summed E-state index contributed by atoms with van der Waals surface area (Å²) in [5.41, 5.74) is 3.45. The van der Waals surface area contributed by atoms with Crippen molar-refractivity contribution in [2.75, 3.05) is 58.1 Å². The van der Waals surface area contributed by atoms with Crippen LogP contribution < -0.4 is 31.9 Å². The number of benzene rings is 4. The fourth-order valence-corrected chi connectivity index (χ4v) is 9.89. The molecule has 0 bridgehead atoms. The van der Waals surface area contributed by atoms with Crippen molar-refractivity contribution >= 4 is 91.4 Å². The Morgan fingerprint density at radius 1 is 0.451 bits per heavy atom. The van der Waals surface area contributed by atoms with Gasteiger partial charge in [0, 0.05) is 24.5 Å². The molecule has 12 N–H and O–H groups in total. The number of phenolic OH excluding ortho intramolecular Hbond substituents is 2. The van der Waals surface area contributed by atoms with Gasteiger partial charge in [0.15, 0.2) is 0 Å². The molecule has 82 heavy (non-hydrogen) atoms. The van der Waals surface area contributed by atoms with E-state index in [0.29, 0.717) is 25.9 Å². The van der Waals surface area contributed by atoms with E-state index >= 15 is 0 Å². The largest absolute Gasteiger partial charge is 0.507 e. The van der Waals surface area contributed by atoms with Gasteiger partial charge in [0.05, 0.1) is 0 Å². The van der Waals surface area contributed by atoms with E-state index in [1.165, 1.54) is 36.4 Å². The van der Waals surface area contributed by atoms with E-state index in [4.69, 9.17) is 0 Å². The Kier molecular flexibility index (Phi) is 18.8. The predicted molar refractivity (Wildman–Crippen MR) is 315 cm³/mol. The van der Waals surface area contributed by atoms with Crippen molar-refractivity contribution in [2.24, 2.45) is 0 Å². The molecule has 0 spiro atoms. The molecular weight excluding hydrogens is 1100 g/mol. The number of aliphatic carboxylic acids is 2. The van der Waals surface area contributed by atoms with E-state index in [9.17, 15) is 56.0 Å². The summed E-state index contributed by atoms with van der Waals surface area (Å²) in [6, 6.07) is 15.3. The number of nitrogens with zero attached hydrogens (tertiary/aromatic N) is 6. The lowest BCUT2D eigenvalue weighted by Crippen LogP contribution is -2.19. The van der Waals surface area contributed by atoms with E-state index in [1.807, 2.05) is 107 Å². The minimum atomic E-state index is -4.98. The van der Waals surface area contributed by atoms with Crippen molar-refractivity contribution in [2.45, 2.75) is 127 Å². The molecule has 24 nitrogen and oxygen atoms in total. The van der Waals surface area contributed by atoms with Crippen LogP contribution in [0.25, 0.3) is 12.2 Å². The van der Waals surface area contributed by atoms with Gasteiger partial charge >= 0.3 is 11.9 Å². The van der Waals surface area contributed by atoms with E-state index in [1.54, 1.807) is 0 Å². The maximum atomic E-state index is 12.9. The number of carboxylic acids is 2. The normalized spacial score (nSPS) is 12.5. The highest BCUT2D eigenvalue weighted by Gasteiger charge is 2.29. The van der Waals surface area contributed by atoms with Crippen LogP contribution in [0.15, 0.2) is 70.5 Å². The van der Waals surface area contributed by atoms with Crippen LogP contribution in [0.3, 0.4) is 0 Å². The lowest BCUT2D eigenvalue weighted by atomic mass is 9.78. The zero-order valence-corrected chi connectivity index (χ0v) is 49.4. The predicted octanol–water partition coefficient (Wildman–Crippen LogP) is 9.11. The van der Waals surface area contributed by atoms with Crippen LogP contribution in [-0.4, -0.2) is 114 Å². The van der Waals surface area contributed by atoms with Crippen LogP contribution in [0.1, 0.15) is 128 Å². The van der Waals surface area contributed by atoms with Gasteiger partial charge in [-0.15, -0.1) is 0 Å².